The number of primary amides is 1. The van der Waals surface area contributed by atoms with Gasteiger partial charge >= 0.3 is 0 Å². The summed E-state index contributed by atoms with van der Waals surface area (Å²) in [6.45, 7) is 1.58. The second-order valence-corrected chi connectivity index (χ2v) is 3.83. The molecule has 1 aromatic heterocycles. The highest BCUT2D eigenvalue weighted by Gasteiger charge is 2.26. The van der Waals surface area contributed by atoms with Gasteiger partial charge in [0.15, 0.2) is 6.04 Å². The summed E-state index contributed by atoms with van der Waals surface area (Å²) in [5.74, 6) is -0.960. The van der Waals surface area contributed by atoms with Crippen LogP contribution in [0.3, 0.4) is 0 Å². The number of aromatic nitrogens is 2. The second-order valence-electron chi connectivity index (χ2n) is 3.83. The molecule has 0 aliphatic carbocycles. The van der Waals surface area contributed by atoms with E-state index in [1.54, 1.807) is 37.3 Å². The second kappa shape index (κ2) is 5.30. The molecular formula is C12H12N4O3. The molecule has 19 heavy (non-hydrogen) atoms. The van der Waals surface area contributed by atoms with E-state index >= 15 is 0 Å². The van der Waals surface area contributed by atoms with Gasteiger partial charge in [-0.15, -0.1) is 10.2 Å². The van der Waals surface area contributed by atoms with Crippen molar-refractivity contribution in [2.45, 2.75) is 13.0 Å². The Morgan fingerprint density at radius 1 is 1.26 bits per heavy atom. The van der Waals surface area contributed by atoms with E-state index < -0.39 is 17.9 Å². The van der Waals surface area contributed by atoms with E-state index in [4.69, 9.17) is 10.2 Å². The SMILES string of the molecule is Cc1nnc([C@H](NC(=O)c2ccccc2)C(N)=O)o1. The van der Waals surface area contributed by atoms with Gasteiger partial charge < -0.3 is 15.5 Å². The number of carbonyl (C=O) groups is 2. The monoisotopic (exact) mass is 260 g/mol. The zero-order chi connectivity index (χ0) is 13.8. The van der Waals surface area contributed by atoms with Gasteiger partial charge in [0, 0.05) is 12.5 Å². The summed E-state index contributed by atoms with van der Waals surface area (Å²) in [6, 6.07) is 7.30. The number of benzene rings is 1. The van der Waals surface area contributed by atoms with Crippen molar-refractivity contribution < 1.29 is 14.0 Å². The number of aryl methyl sites for hydroxylation is 1. The third-order valence-electron chi connectivity index (χ3n) is 2.38. The van der Waals surface area contributed by atoms with Crippen molar-refractivity contribution >= 4 is 11.8 Å². The molecule has 0 spiro atoms. The van der Waals surface area contributed by atoms with Crippen LogP contribution in [0.5, 0.6) is 0 Å². The largest absolute Gasteiger partial charge is 0.423 e. The Morgan fingerprint density at radius 3 is 2.47 bits per heavy atom. The Morgan fingerprint density at radius 2 is 1.95 bits per heavy atom. The lowest BCUT2D eigenvalue weighted by Crippen LogP contribution is -2.37. The van der Waals surface area contributed by atoms with E-state index in [-0.39, 0.29) is 11.8 Å². The molecule has 7 nitrogen and oxygen atoms in total. The van der Waals surface area contributed by atoms with Crippen LogP contribution >= 0.6 is 0 Å². The van der Waals surface area contributed by atoms with E-state index in [1.807, 2.05) is 0 Å². The summed E-state index contributed by atoms with van der Waals surface area (Å²) in [6.07, 6.45) is 0. The van der Waals surface area contributed by atoms with Gasteiger partial charge in [-0.25, -0.2) is 0 Å². The fourth-order valence-electron chi connectivity index (χ4n) is 1.49. The summed E-state index contributed by atoms with van der Waals surface area (Å²) >= 11 is 0. The summed E-state index contributed by atoms with van der Waals surface area (Å²) in [4.78, 5) is 23.3. The van der Waals surface area contributed by atoms with Gasteiger partial charge in [0.2, 0.25) is 17.7 Å². The summed E-state index contributed by atoms with van der Waals surface area (Å²) in [7, 11) is 0. The van der Waals surface area contributed by atoms with Crippen LogP contribution in [0, 0.1) is 6.92 Å². The van der Waals surface area contributed by atoms with Gasteiger partial charge in [0.1, 0.15) is 0 Å². The van der Waals surface area contributed by atoms with Crippen molar-refractivity contribution in [3.8, 4) is 0 Å². The fraction of sp³-hybridized carbons (Fsp3) is 0.167. The van der Waals surface area contributed by atoms with Crippen LogP contribution in [-0.4, -0.2) is 22.0 Å². The van der Waals surface area contributed by atoms with Crippen LogP contribution in [0.15, 0.2) is 34.7 Å². The van der Waals surface area contributed by atoms with Crippen molar-refractivity contribution in [3.05, 3.63) is 47.7 Å². The van der Waals surface area contributed by atoms with Gasteiger partial charge in [0.05, 0.1) is 0 Å². The third-order valence-corrected chi connectivity index (χ3v) is 2.38. The highest BCUT2D eigenvalue weighted by Crippen LogP contribution is 2.12. The summed E-state index contributed by atoms with van der Waals surface area (Å²) in [5, 5.41) is 9.73. The molecule has 0 aliphatic heterocycles. The maximum atomic E-state index is 11.9. The van der Waals surface area contributed by atoms with Crippen molar-refractivity contribution in [2.24, 2.45) is 5.73 Å². The molecule has 1 aromatic carbocycles. The Bertz CT molecular complexity index is 594. The Hall–Kier alpha value is -2.70. The minimum Gasteiger partial charge on any atom is -0.423 e. The molecule has 0 aliphatic rings. The van der Waals surface area contributed by atoms with Gasteiger partial charge in [-0.1, -0.05) is 18.2 Å². The number of rotatable bonds is 4. The Labute approximate surface area is 108 Å². The van der Waals surface area contributed by atoms with E-state index in [1.165, 1.54) is 0 Å². The smallest absolute Gasteiger partial charge is 0.252 e. The van der Waals surface area contributed by atoms with E-state index in [9.17, 15) is 9.59 Å². The molecule has 1 atom stereocenters. The summed E-state index contributed by atoms with van der Waals surface area (Å²) < 4.78 is 5.11. The van der Waals surface area contributed by atoms with Crippen molar-refractivity contribution in [2.75, 3.05) is 0 Å². The van der Waals surface area contributed by atoms with Gasteiger partial charge in [-0.3, -0.25) is 9.59 Å². The minimum absolute atomic E-state index is 0.0331. The first kappa shape index (κ1) is 12.7. The number of amides is 2. The number of nitrogens with one attached hydrogen (secondary N) is 1. The molecule has 0 radical (unpaired) electrons. The predicted molar refractivity (Wildman–Crippen MR) is 64.9 cm³/mol. The van der Waals surface area contributed by atoms with Crippen molar-refractivity contribution in [1.29, 1.82) is 0 Å². The zero-order valence-electron chi connectivity index (χ0n) is 10.2. The van der Waals surface area contributed by atoms with Crippen LogP contribution in [0.1, 0.15) is 28.2 Å². The quantitative estimate of drug-likeness (QED) is 0.823. The average Bonchev–Trinajstić information content (AvgIpc) is 2.82. The molecule has 2 rings (SSSR count). The number of hydrogen-bond acceptors (Lipinski definition) is 5. The molecule has 0 saturated carbocycles. The fourth-order valence-corrected chi connectivity index (χ4v) is 1.49. The molecule has 0 fully saturated rings. The molecule has 0 unspecified atom stereocenters. The molecule has 98 valence electrons. The third kappa shape index (κ3) is 2.95. The molecule has 2 amide bonds. The number of carbonyl (C=O) groups excluding carboxylic acids is 2. The molecule has 2 aromatic rings. The first-order chi connectivity index (χ1) is 9.08. The highest BCUT2D eigenvalue weighted by atomic mass is 16.4. The lowest BCUT2D eigenvalue weighted by atomic mass is 10.2. The Balaban J connectivity index is 2.18. The van der Waals surface area contributed by atoms with E-state index in [0.29, 0.717) is 5.56 Å². The Kier molecular flexibility index (Phi) is 3.56. The first-order valence-electron chi connectivity index (χ1n) is 5.53. The van der Waals surface area contributed by atoms with Crippen LogP contribution in [-0.2, 0) is 4.79 Å². The maximum Gasteiger partial charge on any atom is 0.252 e. The number of hydrogen-bond donors (Lipinski definition) is 2. The van der Waals surface area contributed by atoms with Crippen LogP contribution < -0.4 is 11.1 Å². The number of nitrogens with two attached hydrogens (primary N) is 1. The lowest BCUT2D eigenvalue weighted by Gasteiger charge is -2.11. The zero-order valence-corrected chi connectivity index (χ0v) is 10.2. The predicted octanol–water partition coefficient (Wildman–Crippen LogP) is 0.334. The molecule has 7 heteroatoms. The van der Waals surface area contributed by atoms with Gasteiger partial charge in [-0.2, -0.15) is 0 Å². The molecule has 1 heterocycles. The average molecular weight is 260 g/mol. The van der Waals surface area contributed by atoms with Crippen LogP contribution in [0.2, 0.25) is 0 Å². The maximum absolute atomic E-state index is 11.9. The molecule has 0 saturated heterocycles. The van der Waals surface area contributed by atoms with Crippen LogP contribution in [0.4, 0.5) is 0 Å². The number of nitrogens with zero attached hydrogens (tertiary/aromatic N) is 2. The van der Waals surface area contributed by atoms with Crippen molar-refractivity contribution in [3.63, 3.8) is 0 Å². The normalized spacial score (nSPS) is 11.8. The van der Waals surface area contributed by atoms with Gasteiger partial charge in [0.25, 0.3) is 5.91 Å². The molecule has 0 bridgehead atoms. The topological polar surface area (TPSA) is 111 Å². The molecular weight excluding hydrogens is 248 g/mol. The highest BCUT2D eigenvalue weighted by molar-refractivity contribution is 5.97. The van der Waals surface area contributed by atoms with E-state index in [2.05, 4.69) is 15.5 Å². The summed E-state index contributed by atoms with van der Waals surface area (Å²) in [5.41, 5.74) is 5.63. The van der Waals surface area contributed by atoms with E-state index in [0.717, 1.165) is 0 Å². The first-order valence-corrected chi connectivity index (χ1v) is 5.53. The lowest BCUT2D eigenvalue weighted by molar-refractivity contribution is -0.120. The van der Waals surface area contributed by atoms with Crippen LogP contribution in [0.25, 0.3) is 0 Å². The molecule has 3 N–H and O–H groups in total. The van der Waals surface area contributed by atoms with Crippen molar-refractivity contribution in [1.82, 2.24) is 15.5 Å². The van der Waals surface area contributed by atoms with Gasteiger partial charge in [-0.05, 0) is 12.1 Å². The minimum atomic E-state index is -1.14. The standard InChI is InChI=1S/C12H12N4O3/c1-7-15-16-12(19-7)9(10(13)17)14-11(18)8-5-3-2-4-6-8/h2-6,9H,1H3,(H2,13,17)(H,14,18)/t9-/m1/s1.